The van der Waals surface area contributed by atoms with Crippen LogP contribution >= 0.6 is 22.9 Å². The number of hydrogen-bond donors (Lipinski definition) is 0. The summed E-state index contributed by atoms with van der Waals surface area (Å²) < 4.78 is 7.61. The van der Waals surface area contributed by atoms with Crippen molar-refractivity contribution >= 4 is 39.6 Å². The first kappa shape index (κ1) is 21.4. The molecule has 0 aliphatic heterocycles. The van der Waals surface area contributed by atoms with E-state index < -0.39 is 0 Å². The molecule has 0 radical (unpaired) electrons. The Labute approximate surface area is 200 Å². The van der Waals surface area contributed by atoms with Gasteiger partial charge in [0.25, 0.3) is 0 Å². The van der Waals surface area contributed by atoms with Crippen molar-refractivity contribution in [1.82, 2.24) is 14.5 Å². The van der Waals surface area contributed by atoms with Crippen molar-refractivity contribution in [3.05, 3.63) is 99.9 Å². The number of fused-ring (bicyclic) bond motifs is 1. The van der Waals surface area contributed by atoms with Crippen LogP contribution in [-0.4, -0.2) is 27.4 Å². The molecule has 3 aromatic heterocycles. The molecule has 5 aromatic rings. The van der Waals surface area contributed by atoms with Crippen molar-refractivity contribution < 1.29 is 9.53 Å². The van der Waals surface area contributed by atoms with Gasteiger partial charge in [-0.25, -0.2) is 4.98 Å². The summed E-state index contributed by atoms with van der Waals surface area (Å²) in [6.45, 7) is 2.61. The number of benzene rings is 2. The van der Waals surface area contributed by atoms with Crippen LogP contribution in [0.3, 0.4) is 0 Å². The molecule has 7 heteroatoms. The van der Waals surface area contributed by atoms with Crippen molar-refractivity contribution in [2.24, 2.45) is 0 Å². The SMILES string of the molecule is COc1ccc2c(c1)c(C(=O)c1cnc(-c3cccnc3)s1)c(C)n2Cc1ccc(Cl)cc1. The van der Waals surface area contributed by atoms with E-state index in [4.69, 9.17) is 16.3 Å². The number of carbonyl (C=O) groups excluding carboxylic acids is 1. The average Bonchev–Trinajstić information content (AvgIpc) is 3.44. The summed E-state index contributed by atoms with van der Waals surface area (Å²) in [5, 5.41) is 2.33. The van der Waals surface area contributed by atoms with Crippen molar-refractivity contribution in [2.45, 2.75) is 13.5 Å². The zero-order valence-corrected chi connectivity index (χ0v) is 19.7. The van der Waals surface area contributed by atoms with Crippen LogP contribution in [0.4, 0.5) is 0 Å². The number of nitrogens with zero attached hydrogens (tertiary/aromatic N) is 3. The van der Waals surface area contributed by atoms with Crippen LogP contribution in [0, 0.1) is 6.92 Å². The Balaban J connectivity index is 1.61. The van der Waals surface area contributed by atoms with Crippen LogP contribution in [0.15, 0.2) is 73.2 Å². The second kappa shape index (κ2) is 8.81. The highest BCUT2D eigenvalue weighted by atomic mass is 35.5. The lowest BCUT2D eigenvalue weighted by Crippen LogP contribution is -2.05. The monoisotopic (exact) mass is 473 g/mol. The maximum absolute atomic E-state index is 13.7. The Kier molecular flexibility index (Phi) is 5.70. The zero-order valence-electron chi connectivity index (χ0n) is 18.1. The van der Waals surface area contributed by atoms with Gasteiger partial charge in [-0.3, -0.25) is 9.78 Å². The second-order valence-electron chi connectivity index (χ2n) is 7.66. The third kappa shape index (κ3) is 4.03. The number of halogens is 1. The maximum atomic E-state index is 13.7. The first-order valence-corrected chi connectivity index (χ1v) is 11.6. The average molecular weight is 474 g/mol. The molecule has 5 nitrogen and oxygen atoms in total. The molecule has 0 spiro atoms. The number of ether oxygens (including phenoxy) is 1. The molecule has 0 amide bonds. The Bertz CT molecular complexity index is 1460. The Hall–Kier alpha value is -3.48. The highest BCUT2D eigenvalue weighted by molar-refractivity contribution is 7.17. The normalized spacial score (nSPS) is 11.1. The summed E-state index contributed by atoms with van der Waals surface area (Å²) in [6, 6.07) is 17.4. The summed E-state index contributed by atoms with van der Waals surface area (Å²) in [7, 11) is 1.63. The number of methoxy groups -OCH3 is 1. The molecule has 0 unspecified atom stereocenters. The quantitative estimate of drug-likeness (QED) is 0.267. The van der Waals surface area contributed by atoms with Gasteiger partial charge in [-0.2, -0.15) is 0 Å². The fraction of sp³-hybridized carbons (Fsp3) is 0.115. The second-order valence-corrected chi connectivity index (χ2v) is 9.12. The molecule has 0 saturated heterocycles. The molecule has 5 rings (SSSR count). The molecule has 0 atom stereocenters. The van der Waals surface area contributed by atoms with Crippen molar-refractivity contribution in [2.75, 3.05) is 7.11 Å². The highest BCUT2D eigenvalue weighted by Gasteiger charge is 2.24. The van der Waals surface area contributed by atoms with Gasteiger partial charge < -0.3 is 9.30 Å². The van der Waals surface area contributed by atoms with Gasteiger partial charge in [0.2, 0.25) is 5.78 Å². The minimum atomic E-state index is -0.0479. The molecule has 0 N–H and O–H groups in total. The van der Waals surface area contributed by atoms with Crippen molar-refractivity contribution in [3.8, 4) is 16.3 Å². The summed E-state index contributed by atoms with van der Waals surface area (Å²) in [5.74, 6) is 0.661. The van der Waals surface area contributed by atoms with E-state index >= 15 is 0 Å². The van der Waals surface area contributed by atoms with Crippen LogP contribution in [0.2, 0.25) is 5.02 Å². The molecular weight excluding hydrogens is 454 g/mol. The molecule has 0 fully saturated rings. The maximum Gasteiger partial charge on any atom is 0.207 e. The van der Waals surface area contributed by atoms with Gasteiger partial charge in [0.15, 0.2) is 0 Å². The van der Waals surface area contributed by atoms with E-state index in [0.717, 1.165) is 32.7 Å². The van der Waals surface area contributed by atoms with Gasteiger partial charge in [0.05, 0.1) is 17.6 Å². The van der Waals surface area contributed by atoms with Gasteiger partial charge in [0.1, 0.15) is 10.8 Å². The standard InChI is InChI=1S/C26H20ClN3O2S/c1-16-24(25(31)23-14-29-26(33-23)18-4-3-11-28-13-18)21-12-20(32-2)9-10-22(21)30(16)15-17-5-7-19(27)8-6-17/h3-14H,15H2,1-2H3. The number of aromatic nitrogens is 3. The predicted molar refractivity (Wildman–Crippen MR) is 133 cm³/mol. The molecule has 3 heterocycles. The van der Waals surface area contributed by atoms with Gasteiger partial charge >= 0.3 is 0 Å². The smallest absolute Gasteiger partial charge is 0.207 e. The number of thiazole rings is 1. The molecule has 2 aromatic carbocycles. The number of carbonyl (C=O) groups is 1. The topological polar surface area (TPSA) is 57.0 Å². The van der Waals surface area contributed by atoms with E-state index in [1.165, 1.54) is 11.3 Å². The Morgan fingerprint density at radius 1 is 1.12 bits per heavy atom. The largest absolute Gasteiger partial charge is 0.497 e. The van der Waals surface area contributed by atoms with Crippen LogP contribution < -0.4 is 4.74 Å². The lowest BCUT2D eigenvalue weighted by Gasteiger charge is -2.09. The number of hydrogen-bond acceptors (Lipinski definition) is 5. The molecule has 0 bridgehead atoms. The molecule has 164 valence electrons. The Morgan fingerprint density at radius 3 is 2.67 bits per heavy atom. The third-order valence-corrected chi connectivity index (χ3v) is 6.95. The van der Waals surface area contributed by atoms with Crippen LogP contribution in [-0.2, 0) is 6.54 Å². The highest BCUT2D eigenvalue weighted by Crippen LogP contribution is 2.34. The summed E-state index contributed by atoms with van der Waals surface area (Å²) in [6.07, 6.45) is 5.12. The van der Waals surface area contributed by atoms with Crippen molar-refractivity contribution in [1.29, 1.82) is 0 Å². The van der Waals surface area contributed by atoms with Crippen molar-refractivity contribution in [3.63, 3.8) is 0 Å². The summed E-state index contributed by atoms with van der Waals surface area (Å²) >= 11 is 7.44. The van der Waals surface area contributed by atoms with Gasteiger partial charge in [-0.05, 0) is 55.0 Å². The third-order valence-electron chi connectivity index (χ3n) is 5.65. The predicted octanol–water partition coefficient (Wildman–Crippen LogP) is 6.41. The van der Waals surface area contributed by atoms with Gasteiger partial charge in [0, 0.05) is 52.3 Å². The van der Waals surface area contributed by atoms with Crippen LogP contribution in [0.5, 0.6) is 5.75 Å². The number of rotatable bonds is 6. The van der Waals surface area contributed by atoms with E-state index in [0.29, 0.717) is 27.8 Å². The fourth-order valence-corrected chi connectivity index (χ4v) is 4.95. The van der Waals surface area contributed by atoms with E-state index in [1.807, 2.05) is 61.5 Å². The van der Waals surface area contributed by atoms with Crippen LogP contribution in [0.25, 0.3) is 21.5 Å². The molecule has 0 aliphatic carbocycles. The minimum absolute atomic E-state index is 0.0479. The fourth-order valence-electron chi connectivity index (χ4n) is 3.98. The molecular formula is C26H20ClN3O2S. The minimum Gasteiger partial charge on any atom is -0.497 e. The van der Waals surface area contributed by atoms with E-state index in [-0.39, 0.29) is 5.78 Å². The summed E-state index contributed by atoms with van der Waals surface area (Å²) in [4.78, 5) is 22.9. The lowest BCUT2D eigenvalue weighted by molar-refractivity contribution is 0.104. The molecule has 0 saturated carbocycles. The van der Waals surface area contributed by atoms with Crippen LogP contribution in [0.1, 0.15) is 26.5 Å². The summed E-state index contributed by atoms with van der Waals surface area (Å²) in [5.41, 5.74) is 4.54. The van der Waals surface area contributed by atoms with Gasteiger partial charge in [-0.15, -0.1) is 11.3 Å². The number of ketones is 1. The number of pyridine rings is 1. The van der Waals surface area contributed by atoms with E-state index in [2.05, 4.69) is 14.5 Å². The first-order chi connectivity index (χ1) is 16.0. The first-order valence-electron chi connectivity index (χ1n) is 10.4. The zero-order chi connectivity index (χ0) is 22.9. The van der Waals surface area contributed by atoms with Gasteiger partial charge in [-0.1, -0.05) is 23.7 Å². The Morgan fingerprint density at radius 2 is 1.94 bits per heavy atom. The molecule has 33 heavy (non-hydrogen) atoms. The van der Waals surface area contributed by atoms with E-state index in [9.17, 15) is 4.79 Å². The van der Waals surface area contributed by atoms with E-state index in [1.54, 1.807) is 25.7 Å². The lowest BCUT2D eigenvalue weighted by atomic mass is 10.1. The molecule has 0 aliphatic rings.